The van der Waals surface area contributed by atoms with Gasteiger partial charge in [0.25, 0.3) is 0 Å². The highest BCUT2D eigenvalue weighted by molar-refractivity contribution is 7.28. The minimum absolute atomic E-state index is 1.31. The molecule has 0 radical (unpaired) electrons. The van der Waals surface area contributed by atoms with Crippen LogP contribution in [0, 0.1) is 0 Å². The molecule has 1 aromatic heterocycles. The van der Waals surface area contributed by atoms with Crippen LogP contribution in [0.5, 0.6) is 0 Å². The van der Waals surface area contributed by atoms with Crippen molar-refractivity contribution in [3.8, 4) is 0 Å². The van der Waals surface area contributed by atoms with Gasteiger partial charge < -0.3 is 5.32 Å². The summed E-state index contributed by atoms with van der Waals surface area (Å²) in [5, 5.41) is 2.92. The summed E-state index contributed by atoms with van der Waals surface area (Å²) in [4.78, 5) is 0. The van der Waals surface area contributed by atoms with Gasteiger partial charge >= 0.3 is 0 Å². The molecular formula is C11H12NP. The predicted octanol–water partition coefficient (Wildman–Crippen LogP) is 3.44. The Morgan fingerprint density at radius 3 is 1.69 bits per heavy atom. The lowest BCUT2D eigenvalue weighted by Crippen LogP contribution is -1.87. The van der Waals surface area contributed by atoms with Crippen LogP contribution in [0.2, 0.25) is 0 Å². The maximum Gasteiger partial charge on any atom is 0.000442 e. The second-order valence-corrected chi connectivity index (χ2v) is 3.19. The molecule has 1 aromatic rings. The lowest BCUT2D eigenvalue weighted by Gasteiger charge is -1.79. The summed E-state index contributed by atoms with van der Waals surface area (Å²) in [5.74, 6) is 4.19. The molecule has 1 aliphatic rings. The molecule has 0 atom stereocenters. The number of hydrogen-bond donors (Lipinski definition) is 1. The highest BCUT2D eigenvalue weighted by Gasteiger charge is 1.67. The molecule has 1 nitrogen and oxygen atoms in total. The fourth-order valence-electron chi connectivity index (χ4n) is 0.719. The van der Waals surface area contributed by atoms with E-state index in [9.17, 15) is 0 Å². The van der Waals surface area contributed by atoms with Gasteiger partial charge in [-0.3, -0.25) is 0 Å². The maximum atomic E-state index is 2.92. The van der Waals surface area contributed by atoms with Crippen molar-refractivity contribution >= 4 is 8.19 Å². The lowest BCUT2D eigenvalue weighted by molar-refractivity contribution is 1.20. The third kappa shape index (κ3) is 5.89. The van der Waals surface area contributed by atoms with Gasteiger partial charge in [-0.15, -0.1) is 0 Å². The average Bonchev–Trinajstić information content (AvgIpc) is 2.53. The van der Waals surface area contributed by atoms with Gasteiger partial charge in [0.15, 0.2) is 0 Å². The molecule has 1 N–H and O–H groups in total. The molecule has 13 heavy (non-hydrogen) atoms. The Balaban J connectivity index is 0.000000132. The Bertz CT molecular complexity index is 248. The van der Waals surface area contributed by atoms with E-state index in [2.05, 4.69) is 16.9 Å². The van der Waals surface area contributed by atoms with Crippen molar-refractivity contribution in [2.24, 2.45) is 0 Å². The highest BCUT2D eigenvalue weighted by Crippen LogP contribution is 1.98. The fourth-order valence-corrected chi connectivity index (χ4v) is 1.22. The van der Waals surface area contributed by atoms with Crippen molar-refractivity contribution in [3.05, 3.63) is 66.5 Å². The monoisotopic (exact) mass is 189 g/mol. The van der Waals surface area contributed by atoms with Crippen LogP contribution < -0.4 is 5.32 Å². The van der Waals surface area contributed by atoms with Crippen molar-refractivity contribution in [1.29, 1.82) is 0 Å². The molecule has 0 fully saturated rings. The Morgan fingerprint density at radius 2 is 1.31 bits per heavy atom. The second kappa shape index (κ2) is 7.33. The molecule has 2 heteroatoms. The van der Waals surface area contributed by atoms with Crippen LogP contribution in [0.1, 0.15) is 0 Å². The summed E-state index contributed by atoms with van der Waals surface area (Å²) in [5.41, 5.74) is 0. The quantitative estimate of drug-likeness (QED) is 0.659. The van der Waals surface area contributed by atoms with Gasteiger partial charge in [0.2, 0.25) is 0 Å². The van der Waals surface area contributed by atoms with Crippen LogP contribution in [0.15, 0.2) is 66.5 Å². The summed E-state index contributed by atoms with van der Waals surface area (Å²) in [6.45, 7) is 0. The van der Waals surface area contributed by atoms with Crippen molar-refractivity contribution in [3.63, 3.8) is 0 Å². The maximum absolute atomic E-state index is 2.92. The summed E-state index contributed by atoms with van der Waals surface area (Å²) in [6, 6.07) is 6.11. The summed E-state index contributed by atoms with van der Waals surface area (Å²) >= 11 is 0. The van der Waals surface area contributed by atoms with Crippen molar-refractivity contribution < 1.29 is 0 Å². The molecule has 1 aliphatic heterocycles. The number of rotatable bonds is 0. The van der Waals surface area contributed by atoms with E-state index in [0.29, 0.717) is 0 Å². The standard InChI is InChI=1S/C6H7N.C5H5P/c1-2-4-6-7-5-3-1;1-2-4-6-5-3-1/h1-7H;1-5H. The molecular weight excluding hydrogens is 177 g/mol. The minimum Gasteiger partial charge on any atom is -0.368 e. The molecule has 0 aliphatic carbocycles. The molecule has 66 valence electrons. The van der Waals surface area contributed by atoms with Crippen LogP contribution >= 0.6 is 8.19 Å². The van der Waals surface area contributed by atoms with Crippen LogP contribution in [0.25, 0.3) is 0 Å². The number of hydrogen-bond acceptors (Lipinski definition) is 1. The van der Waals surface area contributed by atoms with Crippen LogP contribution in [0.4, 0.5) is 0 Å². The third-order valence-electron chi connectivity index (χ3n) is 1.28. The predicted molar refractivity (Wildman–Crippen MR) is 59.5 cm³/mol. The summed E-state index contributed by atoms with van der Waals surface area (Å²) in [6.07, 6.45) is 11.6. The van der Waals surface area contributed by atoms with Crippen molar-refractivity contribution in [2.45, 2.75) is 0 Å². The van der Waals surface area contributed by atoms with E-state index in [-0.39, 0.29) is 0 Å². The zero-order valence-electron chi connectivity index (χ0n) is 7.30. The van der Waals surface area contributed by atoms with Crippen LogP contribution in [-0.4, -0.2) is 0 Å². The van der Waals surface area contributed by atoms with E-state index >= 15 is 0 Å². The first kappa shape index (κ1) is 9.76. The van der Waals surface area contributed by atoms with Gasteiger partial charge in [-0.2, -0.15) is 0 Å². The molecule has 0 saturated heterocycles. The lowest BCUT2D eigenvalue weighted by atomic mass is 10.5. The molecule has 2 rings (SSSR count). The topological polar surface area (TPSA) is 12.0 Å². The molecule has 0 bridgehead atoms. The van der Waals surface area contributed by atoms with E-state index in [0.717, 1.165) is 0 Å². The SMILES string of the molecule is C1=CC=CNC=C1.c1ccpcc1. The molecule has 0 amide bonds. The molecule has 0 unspecified atom stereocenters. The Hall–Kier alpha value is -1.33. The first-order chi connectivity index (χ1) is 6.50. The Morgan fingerprint density at radius 1 is 0.692 bits per heavy atom. The van der Waals surface area contributed by atoms with Gasteiger partial charge in [-0.25, -0.2) is 0 Å². The van der Waals surface area contributed by atoms with E-state index in [1.165, 1.54) is 8.19 Å². The molecule has 0 spiro atoms. The Kier molecular flexibility index (Phi) is 5.50. The summed E-state index contributed by atoms with van der Waals surface area (Å²) in [7, 11) is 1.31. The first-order valence-corrected chi connectivity index (χ1v) is 5.13. The summed E-state index contributed by atoms with van der Waals surface area (Å²) < 4.78 is 0. The largest absolute Gasteiger partial charge is 0.368 e. The number of allylic oxidation sites excluding steroid dienone is 4. The molecule has 0 saturated carbocycles. The normalized spacial score (nSPS) is 12.3. The van der Waals surface area contributed by atoms with Gasteiger partial charge in [-0.1, -0.05) is 38.5 Å². The second-order valence-electron chi connectivity index (χ2n) is 2.29. The zero-order valence-corrected chi connectivity index (χ0v) is 8.19. The van der Waals surface area contributed by atoms with Crippen molar-refractivity contribution in [1.82, 2.24) is 5.32 Å². The van der Waals surface area contributed by atoms with E-state index < -0.39 is 0 Å². The van der Waals surface area contributed by atoms with Crippen LogP contribution in [0.3, 0.4) is 0 Å². The zero-order chi connectivity index (χ0) is 9.19. The van der Waals surface area contributed by atoms with Gasteiger partial charge in [0, 0.05) is 12.4 Å². The molecule has 2 heterocycles. The van der Waals surface area contributed by atoms with Crippen molar-refractivity contribution in [2.75, 3.05) is 0 Å². The van der Waals surface area contributed by atoms with Crippen LogP contribution in [-0.2, 0) is 0 Å². The van der Waals surface area contributed by atoms with E-state index in [4.69, 9.17) is 0 Å². The Labute approximate surface area is 80.6 Å². The molecule has 0 aromatic carbocycles. The highest BCUT2D eigenvalue weighted by atomic mass is 31.0. The smallest absolute Gasteiger partial charge is 0.000442 e. The van der Waals surface area contributed by atoms with E-state index in [1.807, 2.05) is 54.9 Å². The first-order valence-electron chi connectivity index (χ1n) is 4.09. The van der Waals surface area contributed by atoms with Gasteiger partial charge in [0.1, 0.15) is 0 Å². The van der Waals surface area contributed by atoms with E-state index in [1.54, 1.807) is 0 Å². The van der Waals surface area contributed by atoms with Gasteiger partial charge in [-0.05, 0) is 23.7 Å². The fraction of sp³-hybridized carbons (Fsp3) is 0. The minimum atomic E-state index is 1.31. The average molecular weight is 189 g/mol. The number of nitrogens with one attached hydrogen (secondary N) is 1. The third-order valence-corrected chi connectivity index (χ3v) is 1.97. The van der Waals surface area contributed by atoms with Gasteiger partial charge in [0.05, 0.1) is 0 Å².